The average Bonchev–Trinajstić information content (AvgIpc) is 2.05. The van der Waals surface area contributed by atoms with Crippen LogP contribution in [0.25, 0.3) is 0 Å². The molecule has 0 saturated heterocycles. The third-order valence-electron chi connectivity index (χ3n) is 1.14. The van der Waals surface area contributed by atoms with Crippen LogP contribution in [-0.4, -0.2) is 12.4 Å². The molecule has 60 valence electrons. The summed E-state index contributed by atoms with van der Waals surface area (Å²) in [6, 6.07) is 0. The van der Waals surface area contributed by atoms with Crippen LogP contribution in [0, 0.1) is 0 Å². The van der Waals surface area contributed by atoms with E-state index < -0.39 is 0 Å². The van der Waals surface area contributed by atoms with E-state index in [1.165, 1.54) is 0 Å². The highest BCUT2D eigenvalue weighted by Gasteiger charge is 1.66. The number of hydrogen-bond donors (Lipinski definition) is 0. The Hall–Kier alpha value is -1.70. The number of rotatable bonds is 0. The second-order valence-electron chi connectivity index (χ2n) is 2.05. The van der Waals surface area contributed by atoms with Crippen LogP contribution in [-0.2, 0) is 0 Å². The van der Waals surface area contributed by atoms with Gasteiger partial charge in [-0.05, 0) is 12.2 Å². The van der Waals surface area contributed by atoms with E-state index in [1.807, 2.05) is 36.5 Å². The maximum Gasteiger partial charge on any atom is 0.0450 e. The summed E-state index contributed by atoms with van der Waals surface area (Å²) in [5, 5.41) is 0. The van der Waals surface area contributed by atoms with Gasteiger partial charge in [0.05, 0.1) is 0 Å². The first kappa shape index (κ1) is 8.40. The smallest absolute Gasteiger partial charge is 0.0450 e. The molecule has 0 aromatic rings. The first-order valence-corrected chi connectivity index (χ1v) is 3.70. The summed E-state index contributed by atoms with van der Waals surface area (Å²) in [6.07, 6.45) is 18.1. The van der Waals surface area contributed by atoms with Gasteiger partial charge in [-0.1, -0.05) is 24.3 Å². The van der Waals surface area contributed by atoms with Crippen molar-refractivity contribution in [3.05, 3.63) is 48.9 Å². The molecule has 1 rings (SSSR count). The number of nitrogens with zero attached hydrogens (tertiary/aromatic N) is 2. The Balaban J connectivity index is 2.67. The first-order valence-electron chi connectivity index (χ1n) is 3.70. The second-order valence-corrected chi connectivity index (χ2v) is 2.05. The van der Waals surface area contributed by atoms with Crippen LogP contribution in [0.3, 0.4) is 0 Å². The van der Waals surface area contributed by atoms with Gasteiger partial charge in [-0.2, -0.15) is 0 Å². The normalized spacial score (nSPS) is 16.0. The third kappa shape index (κ3) is 4.17. The van der Waals surface area contributed by atoms with Crippen LogP contribution >= 0.6 is 0 Å². The van der Waals surface area contributed by atoms with Crippen molar-refractivity contribution in [3.8, 4) is 0 Å². The van der Waals surface area contributed by atoms with Gasteiger partial charge in [-0.25, -0.2) is 0 Å². The molecule has 12 heavy (non-hydrogen) atoms. The predicted molar refractivity (Wildman–Crippen MR) is 53.5 cm³/mol. The Morgan fingerprint density at radius 3 is 1.42 bits per heavy atom. The molecule has 0 fully saturated rings. The van der Waals surface area contributed by atoms with E-state index in [2.05, 4.69) is 9.98 Å². The van der Waals surface area contributed by atoms with E-state index in [0.717, 1.165) is 0 Å². The van der Waals surface area contributed by atoms with Crippen LogP contribution < -0.4 is 0 Å². The summed E-state index contributed by atoms with van der Waals surface area (Å²) in [7, 11) is 0. The average molecular weight is 158 g/mol. The molecular formula is C10H10N2. The molecule has 0 bridgehead atoms. The van der Waals surface area contributed by atoms with Gasteiger partial charge >= 0.3 is 0 Å². The zero-order valence-corrected chi connectivity index (χ0v) is 6.67. The van der Waals surface area contributed by atoms with E-state index in [9.17, 15) is 0 Å². The fourth-order valence-corrected chi connectivity index (χ4v) is 0.632. The molecule has 0 aliphatic carbocycles. The standard InChI is InChI=1S/C10H10N2/c1-2-4-6-8-12-10-9-11-7-5-3-1/h1-10H. The zero-order valence-electron chi connectivity index (χ0n) is 6.67. The summed E-state index contributed by atoms with van der Waals surface area (Å²) >= 11 is 0. The zero-order chi connectivity index (χ0) is 8.49. The molecule has 0 spiro atoms. The van der Waals surface area contributed by atoms with Crippen LogP contribution in [0.1, 0.15) is 0 Å². The minimum atomic E-state index is 1.64. The summed E-state index contributed by atoms with van der Waals surface area (Å²) < 4.78 is 0. The Morgan fingerprint density at radius 1 is 0.500 bits per heavy atom. The number of allylic oxidation sites excluding steroid dienone is 6. The highest BCUT2D eigenvalue weighted by Crippen LogP contribution is 1.82. The summed E-state index contributed by atoms with van der Waals surface area (Å²) in [5.74, 6) is 0. The van der Waals surface area contributed by atoms with Gasteiger partial charge in [-0.3, -0.25) is 9.98 Å². The summed E-state index contributed by atoms with van der Waals surface area (Å²) in [5.41, 5.74) is 0. The quantitative estimate of drug-likeness (QED) is 0.516. The molecule has 0 radical (unpaired) electrons. The SMILES string of the molecule is C1=CC=CC=NC=CN=CC=C1. The van der Waals surface area contributed by atoms with Gasteiger partial charge in [0.2, 0.25) is 0 Å². The predicted octanol–water partition coefficient (Wildman–Crippen LogP) is 2.28. The van der Waals surface area contributed by atoms with Crippen molar-refractivity contribution in [1.29, 1.82) is 0 Å². The maximum atomic E-state index is 3.94. The molecule has 0 N–H and O–H groups in total. The Bertz CT molecular complexity index is 177. The molecule has 0 amide bonds. The van der Waals surface area contributed by atoms with Crippen LogP contribution in [0.5, 0.6) is 0 Å². The number of hydrogen-bond acceptors (Lipinski definition) is 2. The Kier molecular flexibility index (Phi) is 4.23. The largest absolute Gasteiger partial charge is 0.263 e. The minimum absolute atomic E-state index is 1.64. The molecular weight excluding hydrogens is 148 g/mol. The Labute approximate surface area is 72.1 Å². The third-order valence-corrected chi connectivity index (χ3v) is 1.14. The lowest BCUT2D eigenvalue weighted by molar-refractivity contribution is 1.49. The second kappa shape index (κ2) is 6.04. The fraction of sp³-hybridized carbons (Fsp3) is 0. The van der Waals surface area contributed by atoms with E-state index in [-0.39, 0.29) is 0 Å². The van der Waals surface area contributed by atoms with Gasteiger partial charge < -0.3 is 0 Å². The maximum absolute atomic E-state index is 3.94. The van der Waals surface area contributed by atoms with Gasteiger partial charge in [0.15, 0.2) is 0 Å². The van der Waals surface area contributed by atoms with Gasteiger partial charge in [-0.15, -0.1) is 0 Å². The summed E-state index contributed by atoms with van der Waals surface area (Å²) in [6.45, 7) is 0. The highest BCUT2D eigenvalue weighted by atomic mass is 14.7. The van der Waals surface area contributed by atoms with Crippen LogP contribution in [0.15, 0.2) is 58.8 Å². The van der Waals surface area contributed by atoms with E-state index in [0.29, 0.717) is 0 Å². The van der Waals surface area contributed by atoms with E-state index >= 15 is 0 Å². The van der Waals surface area contributed by atoms with Gasteiger partial charge in [0, 0.05) is 24.8 Å². The molecule has 0 aromatic carbocycles. The van der Waals surface area contributed by atoms with Crippen LogP contribution in [0.2, 0.25) is 0 Å². The van der Waals surface area contributed by atoms with Crippen molar-refractivity contribution in [1.82, 2.24) is 0 Å². The van der Waals surface area contributed by atoms with Gasteiger partial charge in [0.25, 0.3) is 0 Å². The lowest BCUT2D eigenvalue weighted by Crippen LogP contribution is -1.64. The molecule has 1 aliphatic heterocycles. The topological polar surface area (TPSA) is 24.7 Å². The highest BCUT2D eigenvalue weighted by molar-refractivity contribution is 5.73. The van der Waals surface area contributed by atoms with Crippen molar-refractivity contribution < 1.29 is 0 Å². The first-order chi connectivity index (χ1) is 6.00. The molecule has 2 nitrogen and oxygen atoms in total. The van der Waals surface area contributed by atoms with E-state index in [4.69, 9.17) is 0 Å². The van der Waals surface area contributed by atoms with Crippen molar-refractivity contribution in [2.45, 2.75) is 0 Å². The van der Waals surface area contributed by atoms with Crippen molar-refractivity contribution in [3.63, 3.8) is 0 Å². The summed E-state index contributed by atoms with van der Waals surface area (Å²) in [4.78, 5) is 7.88. The Morgan fingerprint density at radius 2 is 0.917 bits per heavy atom. The fourth-order valence-electron chi connectivity index (χ4n) is 0.632. The molecule has 0 atom stereocenters. The molecule has 2 heteroatoms. The minimum Gasteiger partial charge on any atom is -0.263 e. The van der Waals surface area contributed by atoms with Gasteiger partial charge in [0.1, 0.15) is 0 Å². The number of aliphatic imine (C=N–C) groups is 2. The molecule has 0 saturated carbocycles. The molecule has 0 aromatic heterocycles. The van der Waals surface area contributed by atoms with Crippen molar-refractivity contribution in [2.24, 2.45) is 9.98 Å². The van der Waals surface area contributed by atoms with Crippen molar-refractivity contribution >= 4 is 12.4 Å². The molecule has 1 heterocycles. The lowest BCUT2D eigenvalue weighted by atomic mass is 10.4. The molecule has 0 unspecified atom stereocenters. The lowest BCUT2D eigenvalue weighted by Gasteiger charge is -1.77. The van der Waals surface area contributed by atoms with E-state index in [1.54, 1.807) is 24.8 Å². The van der Waals surface area contributed by atoms with Crippen LogP contribution in [0.4, 0.5) is 0 Å². The van der Waals surface area contributed by atoms with Crippen molar-refractivity contribution in [2.75, 3.05) is 0 Å². The molecule has 1 aliphatic rings. The monoisotopic (exact) mass is 158 g/mol.